The monoisotopic (exact) mass is 564 g/mol. The number of likely N-dealkylation sites (tertiary alicyclic amines) is 1. The third kappa shape index (κ3) is 9.23. The van der Waals surface area contributed by atoms with Crippen molar-refractivity contribution in [3.8, 4) is 5.75 Å². The van der Waals surface area contributed by atoms with E-state index < -0.39 is 0 Å². The number of nitrogens with one attached hydrogen (secondary N) is 2. The number of ether oxygens (including phenoxy) is 1. The maximum atomic E-state index is 12.4. The SMILES string of the molecule is CCNC(=NCC1CC(=O)N(CCc2ccccc2)C1)NCCCc1ccc(OC)cc1.I. The van der Waals surface area contributed by atoms with Crippen LogP contribution in [0.2, 0.25) is 0 Å². The van der Waals surface area contributed by atoms with Gasteiger partial charge in [0.2, 0.25) is 5.91 Å². The van der Waals surface area contributed by atoms with Crippen molar-refractivity contribution in [2.24, 2.45) is 10.9 Å². The van der Waals surface area contributed by atoms with Gasteiger partial charge in [-0.2, -0.15) is 0 Å². The normalized spacial score (nSPS) is 15.8. The van der Waals surface area contributed by atoms with Gasteiger partial charge in [-0.3, -0.25) is 9.79 Å². The lowest BCUT2D eigenvalue weighted by Crippen LogP contribution is -2.38. The highest BCUT2D eigenvalue weighted by Crippen LogP contribution is 2.18. The van der Waals surface area contributed by atoms with Crippen LogP contribution in [0.1, 0.15) is 30.9 Å². The number of rotatable bonds is 11. The van der Waals surface area contributed by atoms with Crippen LogP contribution in [0.3, 0.4) is 0 Å². The Morgan fingerprint density at radius 1 is 1.06 bits per heavy atom. The molecule has 33 heavy (non-hydrogen) atoms. The van der Waals surface area contributed by atoms with Gasteiger partial charge in [0.1, 0.15) is 5.75 Å². The molecule has 1 unspecified atom stereocenters. The van der Waals surface area contributed by atoms with Crippen LogP contribution in [0.25, 0.3) is 0 Å². The fourth-order valence-corrected chi connectivity index (χ4v) is 3.95. The molecule has 6 nitrogen and oxygen atoms in total. The zero-order chi connectivity index (χ0) is 22.6. The van der Waals surface area contributed by atoms with E-state index in [4.69, 9.17) is 9.73 Å². The molecule has 0 saturated carbocycles. The van der Waals surface area contributed by atoms with Crippen molar-refractivity contribution in [2.45, 2.75) is 32.6 Å². The lowest BCUT2D eigenvalue weighted by molar-refractivity contribution is -0.127. The molecular weight excluding hydrogens is 527 g/mol. The third-order valence-corrected chi connectivity index (χ3v) is 5.75. The standard InChI is InChI=1S/C26H36N4O2.HI/c1-3-27-26(28-16-7-10-22-11-13-24(32-2)14-12-22)29-19-23-18-25(31)30(20-23)17-15-21-8-5-4-6-9-21;/h4-6,8-9,11-14,23H,3,7,10,15-20H2,1-2H3,(H2,27,28,29);1H. The summed E-state index contributed by atoms with van der Waals surface area (Å²) in [6.45, 7) is 5.99. The molecule has 180 valence electrons. The van der Waals surface area contributed by atoms with Crippen LogP contribution in [-0.4, -0.2) is 56.6 Å². The molecule has 1 aliphatic rings. The zero-order valence-corrected chi connectivity index (χ0v) is 22.1. The van der Waals surface area contributed by atoms with Crippen molar-refractivity contribution in [3.05, 3.63) is 65.7 Å². The molecule has 7 heteroatoms. The molecule has 0 aliphatic carbocycles. The highest BCUT2D eigenvalue weighted by atomic mass is 127. The maximum Gasteiger partial charge on any atom is 0.223 e. The Bertz CT molecular complexity index is 858. The topological polar surface area (TPSA) is 66.0 Å². The molecule has 2 aromatic carbocycles. The van der Waals surface area contributed by atoms with Crippen molar-refractivity contribution in [1.82, 2.24) is 15.5 Å². The van der Waals surface area contributed by atoms with Gasteiger partial charge >= 0.3 is 0 Å². The van der Waals surface area contributed by atoms with E-state index in [1.54, 1.807) is 7.11 Å². The number of methoxy groups -OCH3 is 1. The molecule has 0 bridgehead atoms. The van der Waals surface area contributed by atoms with Gasteiger partial charge in [0, 0.05) is 45.1 Å². The predicted molar refractivity (Wildman–Crippen MR) is 146 cm³/mol. The fourth-order valence-electron chi connectivity index (χ4n) is 3.95. The molecule has 1 aliphatic heterocycles. The molecule has 2 aromatic rings. The summed E-state index contributed by atoms with van der Waals surface area (Å²) in [5.41, 5.74) is 2.57. The van der Waals surface area contributed by atoms with Crippen LogP contribution in [0, 0.1) is 5.92 Å². The number of aliphatic imine (C=N–C) groups is 1. The largest absolute Gasteiger partial charge is 0.497 e. The maximum absolute atomic E-state index is 12.4. The molecule has 0 spiro atoms. The first-order valence-corrected chi connectivity index (χ1v) is 11.6. The van der Waals surface area contributed by atoms with Crippen molar-refractivity contribution in [2.75, 3.05) is 39.8 Å². The van der Waals surface area contributed by atoms with Crippen LogP contribution < -0.4 is 15.4 Å². The van der Waals surface area contributed by atoms with E-state index in [2.05, 4.69) is 41.8 Å². The van der Waals surface area contributed by atoms with Gasteiger partial charge in [0.25, 0.3) is 0 Å². The average Bonchev–Trinajstić information content (AvgIpc) is 3.19. The number of carbonyl (C=O) groups excluding carboxylic acids is 1. The highest BCUT2D eigenvalue weighted by Gasteiger charge is 2.28. The van der Waals surface area contributed by atoms with E-state index in [-0.39, 0.29) is 35.8 Å². The molecule has 1 amide bonds. The molecule has 1 atom stereocenters. The molecule has 2 N–H and O–H groups in total. The Hall–Kier alpha value is -2.29. The lowest BCUT2D eigenvalue weighted by Gasteiger charge is -2.16. The Labute approximate surface area is 215 Å². The van der Waals surface area contributed by atoms with Crippen LogP contribution in [0.4, 0.5) is 0 Å². The number of halogens is 1. The number of nitrogens with zero attached hydrogens (tertiary/aromatic N) is 2. The Morgan fingerprint density at radius 3 is 2.48 bits per heavy atom. The first-order chi connectivity index (χ1) is 15.7. The number of amides is 1. The smallest absolute Gasteiger partial charge is 0.223 e. The van der Waals surface area contributed by atoms with E-state index in [1.807, 2.05) is 35.2 Å². The quantitative estimate of drug-likeness (QED) is 0.188. The Balaban J connectivity index is 0.00000385. The molecule has 0 radical (unpaired) electrons. The van der Waals surface area contributed by atoms with E-state index >= 15 is 0 Å². The molecule has 1 fully saturated rings. The number of hydrogen-bond acceptors (Lipinski definition) is 3. The van der Waals surface area contributed by atoms with Crippen molar-refractivity contribution >= 4 is 35.8 Å². The summed E-state index contributed by atoms with van der Waals surface area (Å²) in [5, 5.41) is 6.74. The lowest BCUT2D eigenvalue weighted by atomic mass is 10.1. The number of guanidine groups is 1. The predicted octanol–water partition coefficient (Wildman–Crippen LogP) is 3.89. The molecule has 1 saturated heterocycles. The van der Waals surface area contributed by atoms with E-state index in [0.29, 0.717) is 13.0 Å². The van der Waals surface area contributed by atoms with Gasteiger partial charge in [-0.1, -0.05) is 42.5 Å². The number of hydrogen-bond donors (Lipinski definition) is 2. The summed E-state index contributed by atoms with van der Waals surface area (Å²) in [6.07, 6.45) is 3.52. The molecule has 0 aromatic heterocycles. The van der Waals surface area contributed by atoms with Crippen LogP contribution in [0.5, 0.6) is 5.75 Å². The summed E-state index contributed by atoms with van der Waals surface area (Å²) in [5.74, 6) is 2.25. The van der Waals surface area contributed by atoms with Crippen molar-refractivity contribution in [3.63, 3.8) is 0 Å². The summed E-state index contributed by atoms with van der Waals surface area (Å²) >= 11 is 0. The first-order valence-electron chi connectivity index (χ1n) is 11.6. The van der Waals surface area contributed by atoms with E-state index in [0.717, 1.165) is 57.2 Å². The van der Waals surface area contributed by atoms with Crippen LogP contribution >= 0.6 is 24.0 Å². The van der Waals surface area contributed by atoms with Gasteiger partial charge in [0.05, 0.1) is 7.11 Å². The summed E-state index contributed by atoms with van der Waals surface area (Å²) in [6, 6.07) is 18.6. The van der Waals surface area contributed by atoms with Gasteiger partial charge in [0.15, 0.2) is 5.96 Å². The summed E-state index contributed by atoms with van der Waals surface area (Å²) < 4.78 is 5.21. The van der Waals surface area contributed by atoms with Gasteiger partial charge in [-0.05, 0) is 49.4 Å². The highest BCUT2D eigenvalue weighted by molar-refractivity contribution is 14.0. The van der Waals surface area contributed by atoms with E-state index in [9.17, 15) is 4.79 Å². The zero-order valence-electron chi connectivity index (χ0n) is 19.8. The van der Waals surface area contributed by atoms with Crippen molar-refractivity contribution < 1.29 is 9.53 Å². The van der Waals surface area contributed by atoms with Gasteiger partial charge in [-0.25, -0.2) is 0 Å². The number of benzene rings is 2. The minimum atomic E-state index is 0. The third-order valence-electron chi connectivity index (χ3n) is 5.75. The second-order valence-electron chi connectivity index (χ2n) is 8.24. The van der Waals surface area contributed by atoms with Crippen LogP contribution in [-0.2, 0) is 17.6 Å². The first kappa shape index (κ1) is 27.0. The van der Waals surface area contributed by atoms with E-state index in [1.165, 1.54) is 11.1 Å². The average molecular weight is 565 g/mol. The number of aryl methyl sites for hydroxylation is 1. The van der Waals surface area contributed by atoms with Gasteiger partial charge < -0.3 is 20.3 Å². The Kier molecular flexibility index (Phi) is 12.1. The molecule has 3 rings (SSSR count). The van der Waals surface area contributed by atoms with Crippen molar-refractivity contribution in [1.29, 1.82) is 0 Å². The fraction of sp³-hybridized carbons (Fsp3) is 0.462. The summed E-state index contributed by atoms with van der Waals surface area (Å²) in [7, 11) is 1.68. The molecular formula is C26H37IN4O2. The molecule has 1 heterocycles. The summed E-state index contributed by atoms with van der Waals surface area (Å²) in [4.78, 5) is 19.1. The second-order valence-corrected chi connectivity index (χ2v) is 8.24. The van der Waals surface area contributed by atoms with Gasteiger partial charge in [-0.15, -0.1) is 24.0 Å². The number of carbonyl (C=O) groups is 1. The Morgan fingerprint density at radius 2 is 1.79 bits per heavy atom. The van der Waals surface area contributed by atoms with Crippen LogP contribution in [0.15, 0.2) is 59.6 Å². The second kappa shape index (κ2) is 14.8. The minimum Gasteiger partial charge on any atom is -0.497 e. The minimum absolute atomic E-state index is 0.